The van der Waals surface area contributed by atoms with Gasteiger partial charge in [0.05, 0.1) is 7.11 Å². The fourth-order valence-electron chi connectivity index (χ4n) is 3.55. The van der Waals surface area contributed by atoms with E-state index in [4.69, 9.17) is 4.74 Å². The molecular formula is C16H21NO2. The lowest BCUT2D eigenvalue weighted by Crippen LogP contribution is -2.51. The van der Waals surface area contributed by atoms with Gasteiger partial charge in [-0.2, -0.15) is 0 Å². The summed E-state index contributed by atoms with van der Waals surface area (Å²) in [6, 6.07) is 9.10. The van der Waals surface area contributed by atoms with Crippen molar-refractivity contribution < 1.29 is 9.53 Å². The molecule has 2 aliphatic rings. The largest absolute Gasteiger partial charge is 0.496 e. The van der Waals surface area contributed by atoms with Crippen molar-refractivity contribution in [3.8, 4) is 5.75 Å². The number of ketones is 1. The maximum Gasteiger partial charge on any atom is 0.136 e. The first-order valence-corrected chi connectivity index (χ1v) is 7.17. The van der Waals surface area contributed by atoms with Crippen molar-refractivity contribution in [1.29, 1.82) is 0 Å². The predicted molar refractivity (Wildman–Crippen MR) is 74.2 cm³/mol. The summed E-state index contributed by atoms with van der Waals surface area (Å²) in [6.45, 7) is 0.909. The summed E-state index contributed by atoms with van der Waals surface area (Å²) >= 11 is 0. The van der Waals surface area contributed by atoms with Gasteiger partial charge >= 0.3 is 0 Å². The zero-order valence-corrected chi connectivity index (χ0v) is 11.5. The number of methoxy groups -OCH3 is 1. The van der Waals surface area contributed by atoms with Crippen molar-refractivity contribution in [2.24, 2.45) is 0 Å². The first kappa shape index (κ1) is 12.7. The average molecular weight is 259 g/mol. The topological polar surface area (TPSA) is 29.5 Å². The van der Waals surface area contributed by atoms with Crippen LogP contribution >= 0.6 is 0 Å². The van der Waals surface area contributed by atoms with Crippen molar-refractivity contribution in [2.75, 3.05) is 7.11 Å². The van der Waals surface area contributed by atoms with Crippen LogP contribution in [0.5, 0.6) is 5.75 Å². The van der Waals surface area contributed by atoms with Crippen LogP contribution in [0.3, 0.4) is 0 Å². The Morgan fingerprint density at radius 3 is 2.58 bits per heavy atom. The van der Waals surface area contributed by atoms with E-state index in [-0.39, 0.29) is 0 Å². The van der Waals surface area contributed by atoms with Gasteiger partial charge < -0.3 is 4.74 Å². The summed E-state index contributed by atoms with van der Waals surface area (Å²) in [5.74, 6) is 1.41. The number of carbonyl (C=O) groups excluding carboxylic acids is 1. The van der Waals surface area contributed by atoms with E-state index >= 15 is 0 Å². The van der Waals surface area contributed by atoms with E-state index in [1.165, 1.54) is 12.0 Å². The van der Waals surface area contributed by atoms with Crippen LogP contribution in [0.25, 0.3) is 0 Å². The maximum absolute atomic E-state index is 11.7. The second-order valence-corrected chi connectivity index (χ2v) is 5.67. The molecule has 1 aromatic rings. The van der Waals surface area contributed by atoms with E-state index in [1.807, 2.05) is 12.1 Å². The van der Waals surface area contributed by atoms with Gasteiger partial charge in [0.15, 0.2) is 0 Å². The first-order valence-electron chi connectivity index (χ1n) is 7.17. The standard InChI is InChI=1S/C16H21NO2/c1-19-16-8-3-2-5-12(16)11-17-13-6-4-7-14(17)10-15(18)9-13/h2-3,5,8,13-14H,4,6-7,9-11H2,1H3. The monoisotopic (exact) mass is 259 g/mol. The van der Waals surface area contributed by atoms with Gasteiger partial charge in [0, 0.05) is 37.0 Å². The Morgan fingerprint density at radius 2 is 1.89 bits per heavy atom. The van der Waals surface area contributed by atoms with Gasteiger partial charge in [-0.05, 0) is 18.9 Å². The molecule has 3 rings (SSSR count). The molecule has 0 aromatic heterocycles. The molecule has 2 heterocycles. The number of hydrogen-bond donors (Lipinski definition) is 0. The number of Topliss-reactive ketones (excluding diaryl/α,β-unsaturated/α-hetero) is 1. The lowest BCUT2D eigenvalue weighted by Gasteiger charge is -2.45. The lowest BCUT2D eigenvalue weighted by atomic mass is 9.83. The third kappa shape index (κ3) is 2.52. The Balaban J connectivity index is 1.80. The normalized spacial score (nSPS) is 27.3. The minimum Gasteiger partial charge on any atom is -0.496 e. The zero-order valence-electron chi connectivity index (χ0n) is 11.5. The van der Waals surface area contributed by atoms with Gasteiger partial charge in [-0.25, -0.2) is 0 Å². The Hall–Kier alpha value is -1.35. The molecular weight excluding hydrogens is 238 g/mol. The summed E-state index contributed by atoms with van der Waals surface area (Å²) in [7, 11) is 1.72. The highest BCUT2D eigenvalue weighted by Gasteiger charge is 2.37. The van der Waals surface area contributed by atoms with Gasteiger partial charge in [0.1, 0.15) is 11.5 Å². The summed E-state index contributed by atoms with van der Waals surface area (Å²) in [6.07, 6.45) is 5.08. The van der Waals surface area contributed by atoms with Gasteiger partial charge in [-0.1, -0.05) is 24.6 Å². The predicted octanol–water partition coefficient (Wildman–Crippen LogP) is 2.78. The molecule has 2 bridgehead atoms. The Morgan fingerprint density at radius 1 is 1.21 bits per heavy atom. The van der Waals surface area contributed by atoms with Crippen LogP contribution in [-0.2, 0) is 11.3 Å². The molecule has 2 saturated heterocycles. The van der Waals surface area contributed by atoms with E-state index in [9.17, 15) is 4.79 Å². The lowest BCUT2D eigenvalue weighted by molar-refractivity contribution is -0.127. The Labute approximate surface area is 114 Å². The van der Waals surface area contributed by atoms with Crippen LogP contribution in [0, 0.1) is 0 Å². The van der Waals surface area contributed by atoms with Crippen molar-refractivity contribution in [3.63, 3.8) is 0 Å². The molecule has 0 aliphatic carbocycles. The number of benzene rings is 1. The molecule has 2 aliphatic heterocycles. The van der Waals surface area contributed by atoms with E-state index in [0.29, 0.717) is 17.9 Å². The second kappa shape index (κ2) is 5.33. The highest BCUT2D eigenvalue weighted by Crippen LogP contribution is 2.34. The molecule has 1 aromatic carbocycles. The van der Waals surface area contributed by atoms with Crippen LogP contribution in [0.1, 0.15) is 37.7 Å². The van der Waals surface area contributed by atoms with Crippen molar-refractivity contribution in [3.05, 3.63) is 29.8 Å². The SMILES string of the molecule is COc1ccccc1CN1C2CCCC1CC(=O)C2. The third-order valence-corrected chi connectivity index (χ3v) is 4.48. The highest BCUT2D eigenvalue weighted by atomic mass is 16.5. The number of ether oxygens (including phenoxy) is 1. The number of para-hydroxylation sites is 1. The van der Waals surface area contributed by atoms with Crippen LogP contribution in [0.2, 0.25) is 0 Å². The minimum atomic E-state index is 0.449. The molecule has 0 radical (unpaired) electrons. The third-order valence-electron chi connectivity index (χ3n) is 4.48. The van der Waals surface area contributed by atoms with Crippen molar-refractivity contribution in [2.45, 2.75) is 50.7 Å². The van der Waals surface area contributed by atoms with Gasteiger partial charge in [-0.3, -0.25) is 9.69 Å². The quantitative estimate of drug-likeness (QED) is 0.836. The summed E-state index contributed by atoms with van der Waals surface area (Å²) in [5, 5.41) is 0. The van der Waals surface area contributed by atoms with E-state index in [1.54, 1.807) is 7.11 Å². The number of fused-ring (bicyclic) bond motifs is 2. The molecule has 2 fully saturated rings. The number of hydrogen-bond acceptors (Lipinski definition) is 3. The molecule has 2 atom stereocenters. The fourth-order valence-corrected chi connectivity index (χ4v) is 3.55. The number of carbonyl (C=O) groups is 1. The minimum absolute atomic E-state index is 0.449. The second-order valence-electron chi connectivity index (χ2n) is 5.67. The van der Waals surface area contributed by atoms with Crippen molar-refractivity contribution in [1.82, 2.24) is 4.90 Å². The number of rotatable bonds is 3. The Bertz CT molecular complexity index is 456. The number of piperidine rings is 2. The van der Waals surface area contributed by atoms with E-state index < -0.39 is 0 Å². The fraction of sp³-hybridized carbons (Fsp3) is 0.562. The molecule has 3 nitrogen and oxygen atoms in total. The maximum atomic E-state index is 11.7. The molecule has 102 valence electrons. The molecule has 19 heavy (non-hydrogen) atoms. The summed E-state index contributed by atoms with van der Waals surface area (Å²) in [4.78, 5) is 14.3. The summed E-state index contributed by atoms with van der Waals surface area (Å²) < 4.78 is 5.44. The highest BCUT2D eigenvalue weighted by molar-refractivity contribution is 5.80. The van der Waals surface area contributed by atoms with Gasteiger partial charge in [0.25, 0.3) is 0 Å². The summed E-state index contributed by atoms with van der Waals surface area (Å²) in [5.41, 5.74) is 1.23. The smallest absolute Gasteiger partial charge is 0.136 e. The number of nitrogens with zero attached hydrogens (tertiary/aromatic N) is 1. The van der Waals surface area contributed by atoms with Crippen molar-refractivity contribution >= 4 is 5.78 Å². The molecule has 0 amide bonds. The molecule has 3 heteroatoms. The van der Waals surface area contributed by atoms with Crippen LogP contribution in [0.4, 0.5) is 0 Å². The van der Waals surface area contributed by atoms with Gasteiger partial charge in [-0.15, -0.1) is 0 Å². The zero-order chi connectivity index (χ0) is 13.2. The van der Waals surface area contributed by atoms with Gasteiger partial charge in [0.2, 0.25) is 0 Å². The first-order chi connectivity index (χ1) is 9.28. The van der Waals surface area contributed by atoms with Crippen LogP contribution < -0.4 is 4.74 Å². The molecule has 0 N–H and O–H groups in total. The van der Waals surface area contributed by atoms with E-state index in [2.05, 4.69) is 17.0 Å². The van der Waals surface area contributed by atoms with Crippen LogP contribution in [0.15, 0.2) is 24.3 Å². The Kier molecular flexibility index (Phi) is 3.56. The molecule has 0 saturated carbocycles. The molecule has 0 spiro atoms. The molecule has 2 unspecified atom stereocenters. The average Bonchev–Trinajstić information content (AvgIpc) is 2.40. The van der Waals surface area contributed by atoms with E-state index in [0.717, 1.165) is 38.0 Å². The van der Waals surface area contributed by atoms with Crippen LogP contribution in [-0.4, -0.2) is 29.9 Å².